The highest BCUT2D eigenvalue weighted by molar-refractivity contribution is 5.89. The van der Waals surface area contributed by atoms with Crippen LogP contribution in [0.25, 0.3) is 0 Å². The lowest BCUT2D eigenvalue weighted by Crippen LogP contribution is -2.31. The average molecular weight is 325 g/mol. The molecule has 6 nitrogen and oxygen atoms in total. The van der Waals surface area contributed by atoms with Crippen molar-refractivity contribution in [2.24, 2.45) is 0 Å². The van der Waals surface area contributed by atoms with Gasteiger partial charge < -0.3 is 16.0 Å². The van der Waals surface area contributed by atoms with Crippen molar-refractivity contribution in [1.29, 1.82) is 0 Å². The molecule has 0 aromatic carbocycles. The Kier molecular flexibility index (Phi) is 4.93. The molecule has 0 radical (unpaired) electrons. The Morgan fingerprint density at radius 2 is 2.21 bits per heavy atom. The van der Waals surface area contributed by atoms with Crippen LogP contribution in [0.15, 0.2) is 24.4 Å². The molecule has 0 atom stereocenters. The molecular weight excluding hydrogens is 302 g/mol. The number of anilines is 2. The fourth-order valence-corrected chi connectivity index (χ4v) is 2.81. The summed E-state index contributed by atoms with van der Waals surface area (Å²) in [5, 5.41) is 9.02. The Balaban J connectivity index is 1.50. The minimum Gasteiger partial charge on any atom is -0.370 e. The van der Waals surface area contributed by atoms with Crippen LogP contribution in [0.2, 0.25) is 0 Å². The van der Waals surface area contributed by atoms with E-state index in [2.05, 4.69) is 32.0 Å². The normalized spacial score (nSPS) is 12.9. The van der Waals surface area contributed by atoms with Gasteiger partial charge in [-0.1, -0.05) is 6.07 Å². The van der Waals surface area contributed by atoms with E-state index in [9.17, 15) is 4.79 Å². The molecule has 0 unspecified atom stereocenters. The van der Waals surface area contributed by atoms with E-state index in [4.69, 9.17) is 0 Å². The van der Waals surface area contributed by atoms with E-state index in [0.29, 0.717) is 13.0 Å². The number of rotatable bonds is 4. The molecule has 0 fully saturated rings. The van der Waals surface area contributed by atoms with Gasteiger partial charge in [0.25, 0.3) is 0 Å². The number of carbonyl (C=O) groups excluding carboxylic acids is 1. The average Bonchev–Trinajstić information content (AvgIpc) is 2.57. The zero-order valence-corrected chi connectivity index (χ0v) is 14.1. The number of hydrogen-bond acceptors (Lipinski definition) is 4. The van der Waals surface area contributed by atoms with E-state index >= 15 is 0 Å². The van der Waals surface area contributed by atoms with Crippen LogP contribution < -0.4 is 16.0 Å². The molecule has 2 amide bonds. The summed E-state index contributed by atoms with van der Waals surface area (Å²) in [7, 11) is 0. The van der Waals surface area contributed by atoms with Gasteiger partial charge in [0.1, 0.15) is 5.82 Å². The molecule has 126 valence electrons. The first-order valence-corrected chi connectivity index (χ1v) is 8.32. The van der Waals surface area contributed by atoms with Gasteiger partial charge in [0.2, 0.25) is 0 Å². The summed E-state index contributed by atoms with van der Waals surface area (Å²) in [6.45, 7) is 5.40. The summed E-state index contributed by atoms with van der Waals surface area (Å²) < 4.78 is 0. The second kappa shape index (κ2) is 7.29. The number of carbonyl (C=O) groups is 1. The van der Waals surface area contributed by atoms with Crippen LogP contribution in [-0.4, -0.2) is 29.1 Å². The molecule has 3 N–H and O–H groups in total. The molecule has 6 heteroatoms. The van der Waals surface area contributed by atoms with E-state index in [0.717, 1.165) is 47.8 Å². The first-order valence-electron chi connectivity index (χ1n) is 8.32. The van der Waals surface area contributed by atoms with Crippen molar-refractivity contribution in [3.63, 3.8) is 0 Å². The lowest BCUT2D eigenvalue weighted by Gasteiger charge is -2.17. The Morgan fingerprint density at radius 1 is 1.33 bits per heavy atom. The summed E-state index contributed by atoms with van der Waals surface area (Å²) in [5.41, 5.74) is 4.93. The van der Waals surface area contributed by atoms with Gasteiger partial charge in [-0.3, -0.25) is 4.98 Å². The van der Waals surface area contributed by atoms with Gasteiger partial charge in [-0.05, 0) is 49.9 Å². The minimum absolute atomic E-state index is 0.222. The van der Waals surface area contributed by atoms with Gasteiger partial charge in [0.15, 0.2) is 0 Å². The standard InChI is InChI=1S/C18H23N5O/c1-12-10-13(2)21-11-16(12)23-18(24)20-9-7-15-6-5-14-4-3-8-19-17(14)22-15/h5-6,10-11H,3-4,7-9H2,1-2H3,(H,19,22)(H2,20,23,24). The summed E-state index contributed by atoms with van der Waals surface area (Å²) in [6, 6.07) is 5.89. The number of nitrogens with zero attached hydrogens (tertiary/aromatic N) is 2. The lowest BCUT2D eigenvalue weighted by atomic mass is 10.1. The highest BCUT2D eigenvalue weighted by Crippen LogP contribution is 2.19. The molecule has 0 spiro atoms. The summed E-state index contributed by atoms with van der Waals surface area (Å²) >= 11 is 0. The van der Waals surface area contributed by atoms with E-state index in [1.807, 2.05) is 26.0 Å². The van der Waals surface area contributed by atoms with Gasteiger partial charge in [-0.15, -0.1) is 0 Å². The number of pyridine rings is 2. The molecular formula is C18H23N5O. The number of nitrogens with one attached hydrogen (secondary N) is 3. The molecule has 1 aliphatic heterocycles. The second-order valence-corrected chi connectivity index (χ2v) is 6.11. The SMILES string of the molecule is Cc1cc(C)c(NC(=O)NCCc2ccc3c(n2)NCCC3)cn1. The third kappa shape index (κ3) is 4.01. The highest BCUT2D eigenvalue weighted by Gasteiger charge is 2.10. The van der Waals surface area contributed by atoms with Gasteiger partial charge in [-0.2, -0.15) is 0 Å². The summed E-state index contributed by atoms with van der Waals surface area (Å²) in [5.74, 6) is 0.990. The van der Waals surface area contributed by atoms with Gasteiger partial charge in [0.05, 0.1) is 11.9 Å². The Morgan fingerprint density at radius 3 is 3.04 bits per heavy atom. The third-order valence-corrected chi connectivity index (χ3v) is 4.11. The van der Waals surface area contributed by atoms with E-state index < -0.39 is 0 Å². The zero-order valence-electron chi connectivity index (χ0n) is 14.1. The van der Waals surface area contributed by atoms with Crippen LogP contribution in [0.3, 0.4) is 0 Å². The Hall–Kier alpha value is -2.63. The first-order chi connectivity index (χ1) is 11.6. The number of hydrogen-bond donors (Lipinski definition) is 3. The van der Waals surface area contributed by atoms with Crippen molar-refractivity contribution < 1.29 is 4.79 Å². The molecule has 0 bridgehead atoms. The molecule has 0 saturated heterocycles. The molecule has 3 rings (SSSR count). The maximum absolute atomic E-state index is 12.0. The van der Waals surface area contributed by atoms with Gasteiger partial charge in [0, 0.05) is 30.9 Å². The number of fused-ring (bicyclic) bond motifs is 1. The Labute approximate surface area is 142 Å². The number of aryl methyl sites for hydroxylation is 3. The van der Waals surface area contributed by atoms with Gasteiger partial charge >= 0.3 is 6.03 Å². The lowest BCUT2D eigenvalue weighted by molar-refractivity contribution is 0.252. The van der Waals surface area contributed by atoms with Crippen molar-refractivity contribution in [2.75, 3.05) is 23.7 Å². The van der Waals surface area contributed by atoms with Crippen LogP contribution in [0.1, 0.15) is 28.9 Å². The fraction of sp³-hybridized carbons (Fsp3) is 0.389. The molecule has 0 aliphatic carbocycles. The van der Waals surface area contributed by atoms with E-state index in [1.165, 1.54) is 5.56 Å². The summed E-state index contributed by atoms with van der Waals surface area (Å²) in [4.78, 5) is 20.8. The monoisotopic (exact) mass is 325 g/mol. The molecule has 2 aromatic rings. The van der Waals surface area contributed by atoms with Gasteiger partial charge in [-0.25, -0.2) is 9.78 Å². The molecule has 1 aliphatic rings. The number of urea groups is 1. The Bertz CT molecular complexity index is 744. The molecule has 24 heavy (non-hydrogen) atoms. The minimum atomic E-state index is -0.222. The molecule has 0 saturated carbocycles. The quantitative estimate of drug-likeness (QED) is 0.807. The number of aromatic nitrogens is 2. The van der Waals surface area contributed by atoms with E-state index in [1.54, 1.807) is 6.20 Å². The van der Waals surface area contributed by atoms with Crippen LogP contribution in [-0.2, 0) is 12.8 Å². The van der Waals surface area contributed by atoms with Crippen LogP contribution >= 0.6 is 0 Å². The van der Waals surface area contributed by atoms with Crippen molar-refractivity contribution in [1.82, 2.24) is 15.3 Å². The maximum Gasteiger partial charge on any atom is 0.319 e. The van der Waals surface area contributed by atoms with Crippen LogP contribution in [0, 0.1) is 13.8 Å². The topological polar surface area (TPSA) is 78.9 Å². The molecule has 2 aromatic heterocycles. The largest absolute Gasteiger partial charge is 0.370 e. The van der Waals surface area contributed by atoms with Crippen LogP contribution in [0.5, 0.6) is 0 Å². The van der Waals surface area contributed by atoms with Crippen molar-refractivity contribution in [3.05, 3.63) is 46.9 Å². The zero-order chi connectivity index (χ0) is 16.9. The molecule has 3 heterocycles. The number of amides is 2. The highest BCUT2D eigenvalue weighted by atomic mass is 16.2. The fourth-order valence-electron chi connectivity index (χ4n) is 2.81. The van der Waals surface area contributed by atoms with Crippen molar-refractivity contribution >= 4 is 17.5 Å². The van der Waals surface area contributed by atoms with Crippen molar-refractivity contribution in [3.8, 4) is 0 Å². The maximum atomic E-state index is 12.0. The second-order valence-electron chi connectivity index (χ2n) is 6.11. The smallest absolute Gasteiger partial charge is 0.319 e. The summed E-state index contributed by atoms with van der Waals surface area (Å²) in [6.07, 6.45) is 4.62. The predicted molar refractivity (Wildman–Crippen MR) is 95.5 cm³/mol. The van der Waals surface area contributed by atoms with Crippen LogP contribution in [0.4, 0.5) is 16.3 Å². The van der Waals surface area contributed by atoms with Crippen molar-refractivity contribution in [2.45, 2.75) is 33.1 Å². The predicted octanol–water partition coefficient (Wildman–Crippen LogP) is 2.82. The first kappa shape index (κ1) is 16.2. The third-order valence-electron chi connectivity index (χ3n) is 4.11. The van der Waals surface area contributed by atoms with E-state index in [-0.39, 0.29) is 6.03 Å².